The number of amides is 2. The molecule has 0 aromatic heterocycles. The highest BCUT2D eigenvalue weighted by molar-refractivity contribution is 6.05. The lowest BCUT2D eigenvalue weighted by Crippen LogP contribution is -2.30. The molecule has 1 saturated heterocycles. The Morgan fingerprint density at radius 2 is 1.72 bits per heavy atom. The number of allylic oxidation sites excluding steroid dienone is 6. The second kappa shape index (κ2) is 9.87. The Bertz CT molecular complexity index is 828. The Balaban J connectivity index is 1.53. The summed E-state index contributed by atoms with van der Waals surface area (Å²) in [4.78, 5) is 27.2. The van der Waals surface area contributed by atoms with Gasteiger partial charge in [-0.3, -0.25) is 14.5 Å². The zero-order valence-electron chi connectivity index (χ0n) is 18.0. The summed E-state index contributed by atoms with van der Waals surface area (Å²) < 4.78 is 0. The highest BCUT2D eigenvalue weighted by atomic mass is 16.2. The van der Waals surface area contributed by atoms with Crippen molar-refractivity contribution in [2.75, 3.05) is 0 Å². The highest BCUT2D eigenvalue weighted by Gasteiger charge is 2.48. The predicted molar refractivity (Wildman–Crippen MR) is 118 cm³/mol. The van der Waals surface area contributed by atoms with Crippen molar-refractivity contribution in [2.24, 2.45) is 11.8 Å². The summed E-state index contributed by atoms with van der Waals surface area (Å²) in [6.07, 6.45) is 12.5. The predicted octanol–water partition coefficient (Wildman–Crippen LogP) is 5.98. The molecule has 0 spiro atoms. The van der Waals surface area contributed by atoms with Crippen LogP contribution in [0.1, 0.15) is 64.9 Å². The van der Waals surface area contributed by atoms with Gasteiger partial charge in [0.1, 0.15) is 0 Å². The maximum atomic E-state index is 12.9. The van der Waals surface area contributed by atoms with Crippen molar-refractivity contribution in [3.63, 3.8) is 0 Å². The van der Waals surface area contributed by atoms with Crippen LogP contribution in [0.3, 0.4) is 0 Å². The Morgan fingerprint density at radius 1 is 1.00 bits per heavy atom. The summed E-state index contributed by atoms with van der Waals surface area (Å²) in [6.45, 7) is 6.87. The summed E-state index contributed by atoms with van der Waals surface area (Å²) in [5, 5.41) is 0. The van der Waals surface area contributed by atoms with Crippen molar-refractivity contribution >= 4 is 11.8 Å². The molecule has 1 aliphatic heterocycles. The van der Waals surface area contributed by atoms with Gasteiger partial charge in [-0.15, -0.1) is 0 Å². The van der Waals surface area contributed by atoms with Gasteiger partial charge in [-0.25, -0.2) is 0 Å². The van der Waals surface area contributed by atoms with E-state index in [9.17, 15) is 9.59 Å². The van der Waals surface area contributed by atoms with Crippen molar-refractivity contribution < 1.29 is 9.59 Å². The van der Waals surface area contributed by atoms with Gasteiger partial charge in [0.25, 0.3) is 0 Å². The van der Waals surface area contributed by atoms with Crippen LogP contribution in [0, 0.1) is 11.8 Å². The number of carbonyl (C=O) groups excluding carboxylic acids is 2. The van der Waals surface area contributed by atoms with Gasteiger partial charge in [0.05, 0.1) is 18.4 Å². The Hall–Kier alpha value is -2.42. The van der Waals surface area contributed by atoms with Crippen LogP contribution >= 0.6 is 0 Å². The van der Waals surface area contributed by atoms with Crippen molar-refractivity contribution in [2.45, 2.75) is 65.8 Å². The summed E-state index contributed by atoms with van der Waals surface area (Å²) in [6, 6.07) is 9.78. The first-order chi connectivity index (χ1) is 14.0. The molecule has 2 amide bonds. The largest absolute Gasteiger partial charge is 0.278 e. The normalized spacial score (nSPS) is 21.8. The van der Waals surface area contributed by atoms with E-state index in [1.165, 1.54) is 21.6 Å². The van der Waals surface area contributed by atoms with E-state index in [1.807, 2.05) is 30.3 Å². The number of likely N-dealkylation sites (tertiary alicyclic amines) is 1. The molecule has 0 saturated carbocycles. The fourth-order valence-electron chi connectivity index (χ4n) is 4.33. The van der Waals surface area contributed by atoms with Crippen LogP contribution in [-0.4, -0.2) is 16.7 Å². The van der Waals surface area contributed by atoms with E-state index < -0.39 is 0 Å². The van der Waals surface area contributed by atoms with Crippen LogP contribution in [0.15, 0.2) is 65.3 Å². The number of nitrogens with zero attached hydrogens (tertiary/aromatic N) is 1. The Kier molecular flexibility index (Phi) is 7.24. The maximum Gasteiger partial charge on any atom is 0.233 e. The van der Waals surface area contributed by atoms with Gasteiger partial charge < -0.3 is 0 Å². The minimum atomic E-state index is -0.158. The van der Waals surface area contributed by atoms with Crippen molar-refractivity contribution in [1.82, 2.24) is 4.90 Å². The van der Waals surface area contributed by atoms with Gasteiger partial charge in [0, 0.05) is 0 Å². The van der Waals surface area contributed by atoms with Crippen LogP contribution in [-0.2, 0) is 16.1 Å². The molecule has 1 aromatic rings. The number of imide groups is 1. The molecule has 2 aliphatic rings. The fraction of sp³-hybridized carbons (Fsp3) is 0.462. The molecule has 0 N–H and O–H groups in total. The molecule has 1 aliphatic carbocycles. The fourth-order valence-corrected chi connectivity index (χ4v) is 4.33. The number of benzene rings is 1. The lowest BCUT2D eigenvalue weighted by atomic mass is 9.80. The van der Waals surface area contributed by atoms with Crippen LogP contribution in [0.5, 0.6) is 0 Å². The van der Waals surface area contributed by atoms with E-state index in [-0.39, 0.29) is 23.7 Å². The zero-order chi connectivity index (χ0) is 20.8. The van der Waals surface area contributed by atoms with Crippen molar-refractivity contribution in [3.05, 3.63) is 70.8 Å². The molecule has 1 fully saturated rings. The second-order valence-corrected chi connectivity index (χ2v) is 8.67. The minimum Gasteiger partial charge on any atom is -0.278 e. The lowest BCUT2D eigenvalue weighted by Gasteiger charge is -2.21. The first-order valence-electron chi connectivity index (χ1n) is 10.8. The summed E-state index contributed by atoms with van der Waals surface area (Å²) >= 11 is 0. The molecule has 3 nitrogen and oxygen atoms in total. The molecule has 29 heavy (non-hydrogen) atoms. The molecule has 3 rings (SSSR count). The topological polar surface area (TPSA) is 37.4 Å². The monoisotopic (exact) mass is 391 g/mol. The lowest BCUT2D eigenvalue weighted by molar-refractivity contribution is -0.140. The Morgan fingerprint density at radius 3 is 2.45 bits per heavy atom. The Labute approximate surface area is 175 Å². The standard InChI is InChI=1S/C26H33NO2/c1-19(2)9-7-10-20(3)11-8-14-21-15-16-23-24(17-21)26(29)27(25(23)28)18-22-12-5-4-6-13-22/h4-6,9,11-13,15,23-24H,7-8,10,14,16-18H2,1-3H3/b20-11+. The number of hydrogen-bond donors (Lipinski definition) is 0. The molecular weight excluding hydrogens is 358 g/mol. The molecular formula is C26H33NO2. The first-order valence-corrected chi connectivity index (χ1v) is 10.8. The van der Waals surface area contributed by atoms with E-state index in [0.29, 0.717) is 13.0 Å². The van der Waals surface area contributed by atoms with Gasteiger partial charge in [0.2, 0.25) is 11.8 Å². The average Bonchev–Trinajstić information content (AvgIpc) is 2.93. The van der Waals surface area contributed by atoms with E-state index in [1.54, 1.807) is 0 Å². The third kappa shape index (κ3) is 5.56. The summed E-state index contributed by atoms with van der Waals surface area (Å²) in [5.41, 5.74) is 5.15. The van der Waals surface area contributed by atoms with Gasteiger partial charge in [-0.05, 0) is 64.9 Å². The van der Waals surface area contributed by atoms with Gasteiger partial charge in [-0.1, -0.05) is 65.3 Å². The van der Waals surface area contributed by atoms with Crippen LogP contribution in [0.4, 0.5) is 0 Å². The van der Waals surface area contributed by atoms with Crippen molar-refractivity contribution in [3.8, 4) is 0 Å². The smallest absolute Gasteiger partial charge is 0.233 e. The second-order valence-electron chi connectivity index (χ2n) is 8.67. The average molecular weight is 392 g/mol. The molecule has 3 heteroatoms. The summed E-state index contributed by atoms with van der Waals surface area (Å²) in [7, 11) is 0. The number of carbonyl (C=O) groups is 2. The highest BCUT2D eigenvalue weighted by Crippen LogP contribution is 2.39. The molecule has 154 valence electrons. The molecule has 0 bridgehead atoms. The molecule has 2 unspecified atom stereocenters. The molecule has 2 atom stereocenters. The van der Waals surface area contributed by atoms with E-state index in [2.05, 4.69) is 39.0 Å². The third-order valence-electron chi connectivity index (χ3n) is 6.03. The number of hydrogen-bond acceptors (Lipinski definition) is 2. The van der Waals surface area contributed by atoms with E-state index >= 15 is 0 Å². The van der Waals surface area contributed by atoms with Gasteiger partial charge in [0.15, 0.2) is 0 Å². The van der Waals surface area contributed by atoms with Gasteiger partial charge >= 0.3 is 0 Å². The minimum absolute atomic E-state index is 0.00849. The van der Waals surface area contributed by atoms with E-state index in [0.717, 1.165) is 37.7 Å². The maximum absolute atomic E-state index is 12.9. The van der Waals surface area contributed by atoms with Crippen LogP contribution in [0.25, 0.3) is 0 Å². The van der Waals surface area contributed by atoms with Crippen LogP contribution < -0.4 is 0 Å². The quantitative estimate of drug-likeness (QED) is 0.404. The number of rotatable bonds is 8. The first kappa shape index (κ1) is 21.3. The number of fused-ring (bicyclic) bond motifs is 1. The van der Waals surface area contributed by atoms with E-state index in [4.69, 9.17) is 0 Å². The molecule has 1 aromatic carbocycles. The van der Waals surface area contributed by atoms with Crippen molar-refractivity contribution in [1.29, 1.82) is 0 Å². The zero-order valence-corrected chi connectivity index (χ0v) is 18.0. The SMILES string of the molecule is CC(C)=CCC/C(C)=C/CCC1=CCC2C(=O)N(Cc3ccccc3)C(=O)C2C1. The molecule has 1 heterocycles. The van der Waals surface area contributed by atoms with Gasteiger partial charge in [-0.2, -0.15) is 0 Å². The summed E-state index contributed by atoms with van der Waals surface area (Å²) in [5.74, 6) is -0.290. The third-order valence-corrected chi connectivity index (χ3v) is 6.03. The molecule has 0 radical (unpaired) electrons. The van der Waals surface area contributed by atoms with Crippen LogP contribution in [0.2, 0.25) is 0 Å².